The van der Waals surface area contributed by atoms with Gasteiger partial charge >= 0.3 is 11.8 Å². The van der Waals surface area contributed by atoms with Crippen LogP contribution < -0.4 is 5.69 Å². The first-order valence-corrected chi connectivity index (χ1v) is 13.3. The zero-order valence-corrected chi connectivity index (χ0v) is 23.2. The molecule has 12 heteroatoms. The molecule has 3 aromatic heterocycles. The van der Waals surface area contributed by atoms with Gasteiger partial charge in [0.25, 0.3) is 0 Å². The number of carbonyl (C=O) groups is 1. The molecule has 212 valence electrons. The van der Waals surface area contributed by atoms with E-state index in [1.54, 1.807) is 63.3 Å². The number of aromatic nitrogens is 6. The molecule has 1 amide bonds. The summed E-state index contributed by atoms with van der Waals surface area (Å²) in [7, 11) is 1.64. The normalized spacial score (nSPS) is 15.0. The third-order valence-corrected chi connectivity index (χ3v) is 7.78. The van der Waals surface area contributed by atoms with Gasteiger partial charge in [-0.3, -0.25) is 13.8 Å². The van der Waals surface area contributed by atoms with Crippen molar-refractivity contribution < 1.29 is 19.0 Å². The predicted octanol–water partition coefficient (Wildman–Crippen LogP) is 4.16. The minimum Gasteiger partial charge on any atom is -0.465 e. The van der Waals surface area contributed by atoms with Gasteiger partial charge in [0, 0.05) is 43.4 Å². The Kier molecular flexibility index (Phi) is 6.49. The fourth-order valence-electron chi connectivity index (χ4n) is 5.69. The number of ether oxygens (including phenoxy) is 1. The van der Waals surface area contributed by atoms with Crippen LogP contribution in [-0.2, 0) is 17.7 Å². The first-order chi connectivity index (χ1) is 19.7. The van der Waals surface area contributed by atoms with Crippen molar-refractivity contribution in [1.29, 1.82) is 0 Å². The summed E-state index contributed by atoms with van der Waals surface area (Å²) in [6.07, 6.45) is 4.43. The van der Waals surface area contributed by atoms with Gasteiger partial charge in [-0.05, 0) is 62.2 Å². The van der Waals surface area contributed by atoms with Crippen molar-refractivity contribution in [3.8, 4) is 17.2 Å². The summed E-state index contributed by atoms with van der Waals surface area (Å²) >= 11 is 0. The zero-order valence-electron chi connectivity index (χ0n) is 23.2. The molecule has 5 aromatic rings. The lowest BCUT2D eigenvalue weighted by Crippen LogP contribution is -2.38. The maximum absolute atomic E-state index is 14.5. The number of rotatable bonds is 6. The second-order valence-electron chi connectivity index (χ2n) is 10.3. The van der Waals surface area contributed by atoms with Crippen molar-refractivity contribution in [1.82, 2.24) is 33.6 Å². The van der Waals surface area contributed by atoms with E-state index >= 15 is 0 Å². The highest BCUT2D eigenvalue weighted by Crippen LogP contribution is 2.35. The Bertz CT molecular complexity index is 1840. The zero-order chi connectivity index (χ0) is 29.0. The number of hydrogen-bond acceptors (Lipinski definition) is 5. The van der Waals surface area contributed by atoms with Gasteiger partial charge in [0.15, 0.2) is 0 Å². The van der Waals surface area contributed by atoms with Crippen molar-refractivity contribution in [2.24, 2.45) is 0 Å². The van der Waals surface area contributed by atoms with Crippen LogP contribution in [0.1, 0.15) is 35.3 Å². The number of fused-ring (bicyclic) bond motifs is 2. The smallest absolute Gasteiger partial charge is 0.407 e. The second kappa shape index (κ2) is 10.0. The molecule has 0 fully saturated rings. The minimum atomic E-state index is -1.04. The summed E-state index contributed by atoms with van der Waals surface area (Å²) in [5, 5.41) is 20.0. The third kappa shape index (κ3) is 4.31. The number of halogens is 1. The summed E-state index contributed by atoms with van der Waals surface area (Å²) < 4.78 is 26.2. The number of aryl methyl sites for hydroxylation is 2. The Hall–Kier alpha value is -4.71. The topological polar surface area (TPSA) is 112 Å². The molecule has 0 aliphatic carbocycles. The fourth-order valence-corrected chi connectivity index (χ4v) is 5.69. The SMILES string of the molecule is COCCn1ncc2cc(-n3ccn(-c4c5c(nn4-c4cc(C)c(F)c(C)c4)CCN(C(=O)O)[C@H]5C)c3=O)ccc21. The molecule has 1 N–H and O–H groups in total. The summed E-state index contributed by atoms with van der Waals surface area (Å²) in [4.78, 5) is 27.4. The molecule has 0 saturated carbocycles. The summed E-state index contributed by atoms with van der Waals surface area (Å²) in [5.41, 5.74) is 4.06. The molecule has 11 nitrogen and oxygen atoms in total. The van der Waals surface area contributed by atoms with E-state index in [0.717, 1.165) is 10.9 Å². The maximum atomic E-state index is 14.5. The van der Waals surface area contributed by atoms with Crippen molar-refractivity contribution >= 4 is 17.0 Å². The van der Waals surface area contributed by atoms with Gasteiger partial charge < -0.3 is 14.7 Å². The van der Waals surface area contributed by atoms with Crippen LogP contribution in [0.2, 0.25) is 0 Å². The van der Waals surface area contributed by atoms with E-state index in [1.807, 2.05) is 22.9 Å². The summed E-state index contributed by atoms with van der Waals surface area (Å²) in [6, 6.07) is 8.48. The van der Waals surface area contributed by atoms with Gasteiger partial charge in [-0.25, -0.2) is 18.7 Å². The van der Waals surface area contributed by atoms with Gasteiger partial charge in [0.1, 0.15) is 11.6 Å². The van der Waals surface area contributed by atoms with Gasteiger partial charge in [-0.1, -0.05) is 0 Å². The molecule has 1 aliphatic rings. The predicted molar refractivity (Wildman–Crippen MR) is 150 cm³/mol. The molecular formula is C29H30FN7O4. The lowest BCUT2D eigenvalue weighted by atomic mass is 10.00. The molecule has 0 spiro atoms. The molecule has 0 saturated heterocycles. The van der Waals surface area contributed by atoms with Crippen LogP contribution in [0.3, 0.4) is 0 Å². The molecular weight excluding hydrogens is 529 g/mol. The molecule has 1 atom stereocenters. The molecule has 6 rings (SSSR count). The summed E-state index contributed by atoms with van der Waals surface area (Å²) in [6.45, 7) is 6.58. The molecule has 0 unspecified atom stereocenters. The first kappa shape index (κ1) is 26.5. The Balaban J connectivity index is 1.52. The van der Waals surface area contributed by atoms with Crippen molar-refractivity contribution in [2.75, 3.05) is 20.3 Å². The molecule has 0 radical (unpaired) electrons. The highest BCUT2D eigenvalue weighted by Gasteiger charge is 2.35. The number of amides is 1. The maximum Gasteiger partial charge on any atom is 0.407 e. The van der Waals surface area contributed by atoms with Crippen molar-refractivity contribution in [3.05, 3.63) is 87.6 Å². The highest BCUT2D eigenvalue weighted by atomic mass is 19.1. The van der Waals surface area contributed by atoms with Crippen LogP contribution in [-0.4, -0.2) is 65.1 Å². The average Bonchev–Trinajstić information content (AvgIpc) is 3.64. The Morgan fingerprint density at radius 1 is 1.12 bits per heavy atom. The van der Waals surface area contributed by atoms with Crippen LogP contribution in [0.4, 0.5) is 9.18 Å². The molecule has 0 bridgehead atoms. The van der Waals surface area contributed by atoms with E-state index in [-0.39, 0.29) is 18.1 Å². The number of carboxylic acid groups (broad SMARTS) is 1. The quantitative estimate of drug-likeness (QED) is 0.334. The molecule has 4 heterocycles. The number of methoxy groups -OCH3 is 1. The lowest BCUT2D eigenvalue weighted by Gasteiger charge is -2.31. The average molecular weight is 560 g/mol. The van der Waals surface area contributed by atoms with Crippen LogP contribution in [0, 0.1) is 19.7 Å². The molecule has 1 aliphatic heterocycles. The van der Waals surface area contributed by atoms with Crippen LogP contribution >= 0.6 is 0 Å². The lowest BCUT2D eigenvalue weighted by molar-refractivity contribution is 0.124. The van der Waals surface area contributed by atoms with Crippen LogP contribution in [0.25, 0.3) is 28.1 Å². The Morgan fingerprint density at radius 2 is 1.85 bits per heavy atom. The summed E-state index contributed by atoms with van der Waals surface area (Å²) in [5.74, 6) is 0.128. The van der Waals surface area contributed by atoms with Crippen LogP contribution in [0.5, 0.6) is 0 Å². The minimum absolute atomic E-state index is 0.287. The van der Waals surface area contributed by atoms with E-state index in [0.29, 0.717) is 59.1 Å². The molecule has 2 aromatic carbocycles. The van der Waals surface area contributed by atoms with E-state index in [1.165, 1.54) is 14.0 Å². The third-order valence-electron chi connectivity index (χ3n) is 7.78. The van der Waals surface area contributed by atoms with Gasteiger partial charge in [0.2, 0.25) is 0 Å². The number of hydrogen-bond donors (Lipinski definition) is 1. The van der Waals surface area contributed by atoms with Crippen LogP contribution in [0.15, 0.2) is 53.7 Å². The van der Waals surface area contributed by atoms with Crippen molar-refractivity contribution in [3.63, 3.8) is 0 Å². The monoisotopic (exact) mass is 559 g/mol. The van der Waals surface area contributed by atoms with Gasteiger partial charge in [0.05, 0.1) is 48.0 Å². The molecule has 41 heavy (non-hydrogen) atoms. The Morgan fingerprint density at radius 3 is 2.56 bits per heavy atom. The van der Waals surface area contributed by atoms with Crippen molar-refractivity contribution in [2.45, 2.75) is 39.8 Å². The highest BCUT2D eigenvalue weighted by molar-refractivity contribution is 5.81. The Labute approximate surface area is 234 Å². The standard InChI is InChI=1S/C29H30FN7O4/c1-17-13-22(14-18(2)26(17)30)37-27(25-19(3)33(29(39)40)8-7-23(25)32-37)35-10-9-34(28(35)38)21-5-6-24-20(15-21)16-31-36(24)11-12-41-4/h5-6,9-10,13-16,19H,7-8,11-12H2,1-4H3,(H,39,40)/t19-/m0/s1. The van der Waals surface area contributed by atoms with E-state index in [9.17, 15) is 19.1 Å². The van der Waals surface area contributed by atoms with E-state index in [4.69, 9.17) is 9.84 Å². The van der Waals surface area contributed by atoms with Gasteiger partial charge in [-0.15, -0.1) is 0 Å². The fraction of sp³-hybridized carbons (Fsp3) is 0.310. The van der Waals surface area contributed by atoms with E-state index in [2.05, 4.69) is 5.10 Å². The number of nitrogens with zero attached hydrogens (tertiary/aromatic N) is 7. The van der Waals surface area contributed by atoms with Gasteiger partial charge in [-0.2, -0.15) is 10.2 Å². The largest absolute Gasteiger partial charge is 0.465 e. The number of imidazole rings is 1. The number of benzene rings is 2. The van der Waals surface area contributed by atoms with E-state index < -0.39 is 12.1 Å². The second-order valence-corrected chi connectivity index (χ2v) is 10.3. The first-order valence-electron chi connectivity index (χ1n) is 13.3.